The summed E-state index contributed by atoms with van der Waals surface area (Å²) < 4.78 is 31.8. The fourth-order valence-electron chi connectivity index (χ4n) is 3.46. The number of rotatable bonds is 7. The maximum atomic E-state index is 12.2. The van der Waals surface area contributed by atoms with Crippen LogP contribution in [-0.2, 0) is 16.6 Å². The molecule has 9 heteroatoms. The molecule has 1 fully saturated rings. The van der Waals surface area contributed by atoms with Gasteiger partial charge in [0.1, 0.15) is 0 Å². The quantitative estimate of drug-likeness (QED) is 0.514. The first-order chi connectivity index (χ1) is 14.4. The number of nitrogens with zero attached hydrogens (tertiary/aromatic N) is 3. The van der Waals surface area contributed by atoms with E-state index in [4.69, 9.17) is 4.42 Å². The van der Waals surface area contributed by atoms with Gasteiger partial charge in [0.05, 0.1) is 18.5 Å². The highest BCUT2D eigenvalue weighted by atomic mass is 32.2. The Bertz CT molecular complexity index is 945. The lowest BCUT2D eigenvalue weighted by atomic mass is 10.1. The van der Waals surface area contributed by atoms with Crippen molar-refractivity contribution in [3.63, 3.8) is 0 Å². The Morgan fingerprint density at radius 3 is 2.60 bits per heavy atom. The van der Waals surface area contributed by atoms with Crippen LogP contribution in [0, 0.1) is 6.92 Å². The molecular weight excluding hydrogens is 402 g/mol. The highest BCUT2D eigenvalue weighted by Crippen LogP contribution is 2.20. The minimum atomic E-state index is -3.12. The van der Waals surface area contributed by atoms with Crippen molar-refractivity contribution < 1.29 is 12.8 Å². The molecule has 0 atom stereocenters. The van der Waals surface area contributed by atoms with Crippen LogP contribution in [-0.4, -0.2) is 55.6 Å². The van der Waals surface area contributed by atoms with Crippen molar-refractivity contribution in [3.05, 3.63) is 41.9 Å². The third-order valence-corrected chi connectivity index (χ3v) is 7.25. The Morgan fingerprint density at radius 1 is 1.27 bits per heavy atom. The zero-order valence-corrected chi connectivity index (χ0v) is 18.7. The van der Waals surface area contributed by atoms with Crippen molar-refractivity contribution >= 4 is 16.0 Å². The van der Waals surface area contributed by atoms with E-state index in [2.05, 4.69) is 20.6 Å². The van der Waals surface area contributed by atoms with Crippen LogP contribution in [0.2, 0.25) is 0 Å². The van der Waals surface area contributed by atoms with Crippen LogP contribution in [0.15, 0.2) is 39.9 Å². The Labute approximate surface area is 178 Å². The van der Waals surface area contributed by atoms with Gasteiger partial charge >= 0.3 is 0 Å². The molecule has 0 bridgehead atoms. The predicted octanol–water partition coefficient (Wildman–Crippen LogP) is 2.52. The molecule has 0 unspecified atom stereocenters. The van der Waals surface area contributed by atoms with Crippen LogP contribution in [0.3, 0.4) is 0 Å². The molecule has 1 aliphatic heterocycles. The van der Waals surface area contributed by atoms with E-state index in [0.717, 1.165) is 24.2 Å². The summed E-state index contributed by atoms with van der Waals surface area (Å²) in [7, 11) is -1.41. The zero-order valence-electron chi connectivity index (χ0n) is 17.9. The summed E-state index contributed by atoms with van der Waals surface area (Å²) in [5.41, 5.74) is 2.19. The van der Waals surface area contributed by atoms with Gasteiger partial charge in [0, 0.05) is 31.7 Å². The van der Waals surface area contributed by atoms with E-state index in [1.807, 2.05) is 38.1 Å². The fourth-order valence-corrected chi connectivity index (χ4v) is 5.00. The van der Waals surface area contributed by atoms with Crippen molar-refractivity contribution in [2.45, 2.75) is 45.7 Å². The monoisotopic (exact) mass is 433 g/mol. The summed E-state index contributed by atoms with van der Waals surface area (Å²) in [6, 6.07) is 8.29. The number of aryl methyl sites for hydroxylation is 1. The van der Waals surface area contributed by atoms with E-state index in [-0.39, 0.29) is 11.8 Å². The summed E-state index contributed by atoms with van der Waals surface area (Å²) in [5.74, 6) is 2.18. The van der Waals surface area contributed by atoms with Gasteiger partial charge in [0.25, 0.3) is 0 Å². The number of piperidine rings is 1. The number of benzene rings is 1. The van der Waals surface area contributed by atoms with E-state index in [0.29, 0.717) is 37.9 Å². The Kier molecular flexibility index (Phi) is 7.49. The van der Waals surface area contributed by atoms with Gasteiger partial charge in [0.2, 0.25) is 15.9 Å². The minimum absolute atomic E-state index is 0.178. The van der Waals surface area contributed by atoms with Crippen molar-refractivity contribution in [2.24, 2.45) is 4.99 Å². The van der Waals surface area contributed by atoms with Gasteiger partial charge in [-0.05, 0) is 26.2 Å². The van der Waals surface area contributed by atoms with Gasteiger partial charge < -0.3 is 15.1 Å². The molecule has 2 aromatic rings. The lowest BCUT2D eigenvalue weighted by molar-refractivity contribution is 0.306. The van der Waals surface area contributed by atoms with Crippen LogP contribution in [0.1, 0.15) is 37.6 Å². The number of oxazole rings is 1. The molecule has 3 rings (SSSR count). The molecule has 0 spiro atoms. The van der Waals surface area contributed by atoms with Crippen molar-refractivity contribution in [2.75, 3.05) is 25.9 Å². The second-order valence-electron chi connectivity index (χ2n) is 7.54. The second-order valence-corrected chi connectivity index (χ2v) is 9.63. The standard InChI is InChI=1S/C21H31N5O3S/c1-4-13-30(27,28)26-11-9-18(10-12-26)25-21(22-3)24-15-20-23-14-19(29-20)17-7-5-16(2)6-8-17/h5-8,14,18H,4,9-13,15H2,1-3H3,(H2,22,24,25). The molecule has 2 N–H and O–H groups in total. The molecular formula is C21H31N5O3S. The summed E-state index contributed by atoms with van der Waals surface area (Å²) in [6.07, 6.45) is 3.87. The molecule has 30 heavy (non-hydrogen) atoms. The third-order valence-electron chi connectivity index (χ3n) is 5.17. The highest BCUT2D eigenvalue weighted by Gasteiger charge is 2.27. The average Bonchev–Trinajstić information content (AvgIpc) is 3.21. The SMILES string of the molecule is CCCS(=O)(=O)N1CCC(NC(=NC)NCc2ncc(-c3ccc(C)cc3)o2)CC1. The smallest absolute Gasteiger partial charge is 0.214 e. The number of hydrogen-bond acceptors (Lipinski definition) is 5. The van der Waals surface area contributed by atoms with Crippen LogP contribution in [0.5, 0.6) is 0 Å². The summed E-state index contributed by atoms with van der Waals surface area (Å²) in [5, 5.41) is 6.59. The van der Waals surface area contributed by atoms with Crippen molar-refractivity contribution in [3.8, 4) is 11.3 Å². The van der Waals surface area contributed by atoms with Gasteiger partial charge in [-0.25, -0.2) is 17.7 Å². The molecule has 0 radical (unpaired) electrons. The van der Waals surface area contributed by atoms with Crippen LogP contribution >= 0.6 is 0 Å². The van der Waals surface area contributed by atoms with Crippen molar-refractivity contribution in [1.29, 1.82) is 0 Å². The molecule has 1 aliphatic rings. The zero-order chi connectivity index (χ0) is 21.6. The van der Waals surface area contributed by atoms with Crippen LogP contribution in [0.4, 0.5) is 0 Å². The topological polar surface area (TPSA) is 99.8 Å². The maximum Gasteiger partial charge on any atom is 0.214 e. The van der Waals surface area contributed by atoms with Crippen LogP contribution in [0.25, 0.3) is 11.3 Å². The number of aliphatic imine (C=N–C) groups is 1. The van der Waals surface area contributed by atoms with E-state index < -0.39 is 10.0 Å². The van der Waals surface area contributed by atoms with E-state index in [1.165, 1.54) is 5.56 Å². The number of guanidine groups is 1. The van der Waals surface area contributed by atoms with E-state index in [9.17, 15) is 8.42 Å². The third kappa shape index (κ3) is 5.82. The number of sulfonamides is 1. The summed E-state index contributed by atoms with van der Waals surface area (Å²) >= 11 is 0. The molecule has 1 aromatic carbocycles. The normalized spacial score (nSPS) is 16.6. The van der Waals surface area contributed by atoms with E-state index >= 15 is 0 Å². The average molecular weight is 434 g/mol. The second kappa shape index (κ2) is 10.1. The van der Waals surface area contributed by atoms with E-state index in [1.54, 1.807) is 17.5 Å². The fraction of sp³-hybridized carbons (Fsp3) is 0.524. The number of nitrogens with one attached hydrogen (secondary N) is 2. The molecule has 0 aliphatic carbocycles. The summed E-state index contributed by atoms with van der Waals surface area (Å²) in [4.78, 5) is 8.60. The predicted molar refractivity (Wildman–Crippen MR) is 119 cm³/mol. The van der Waals surface area contributed by atoms with Gasteiger partial charge in [-0.15, -0.1) is 0 Å². The first-order valence-corrected chi connectivity index (χ1v) is 12.0. The molecule has 0 amide bonds. The summed E-state index contributed by atoms with van der Waals surface area (Å²) in [6.45, 7) is 5.42. The lowest BCUT2D eigenvalue weighted by Crippen LogP contribution is -2.49. The van der Waals surface area contributed by atoms with Crippen molar-refractivity contribution in [1.82, 2.24) is 19.9 Å². The lowest BCUT2D eigenvalue weighted by Gasteiger charge is -2.32. The minimum Gasteiger partial charge on any atom is -0.439 e. The van der Waals surface area contributed by atoms with Gasteiger partial charge in [0.15, 0.2) is 11.7 Å². The van der Waals surface area contributed by atoms with Gasteiger partial charge in [-0.1, -0.05) is 36.8 Å². The first-order valence-electron chi connectivity index (χ1n) is 10.4. The van der Waals surface area contributed by atoms with Gasteiger partial charge in [-0.3, -0.25) is 4.99 Å². The Balaban J connectivity index is 1.48. The number of hydrogen-bond donors (Lipinski definition) is 2. The largest absolute Gasteiger partial charge is 0.439 e. The molecule has 8 nitrogen and oxygen atoms in total. The maximum absolute atomic E-state index is 12.2. The number of aromatic nitrogens is 1. The highest BCUT2D eigenvalue weighted by molar-refractivity contribution is 7.89. The first kappa shape index (κ1) is 22.3. The Hall–Kier alpha value is -2.39. The molecule has 1 aromatic heterocycles. The molecule has 0 saturated carbocycles. The molecule has 2 heterocycles. The molecule has 1 saturated heterocycles. The van der Waals surface area contributed by atoms with Crippen LogP contribution < -0.4 is 10.6 Å². The van der Waals surface area contributed by atoms with Gasteiger partial charge in [-0.2, -0.15) is 0 Å². The Morgan fingerprint density at radius 2 is 1.97 bits per heavy atom. The molecule has 164 valence electrons.